The Kier molecular flexibility index (Phi) is 5.14. The van der Waals surface area contributed by atoms with Crippen molar-refractivity contribution in [1.82, 2.24) is 4.57 Å². The lowest BCUT2D eigenvalue weighted by Crippen LogP contribution is -2.41. The molecule has 2 aromatic rings. The second kappa shape index (κ2) is 6.79. The topological polar surface area (TPSA) is 49.7 Å². The van der Waals surface area contributed by atoms with Crippen LogP contribution < -0.4 is 5.46 Å². The van der Waals surface area contributed by atoms with Crippen LogP contribution in [0.25, 0.3) is 10.9 Å². The Morgan fingerprint density at radius 3 is 2.11 bits per heavy atom. The summed E-state index contributed by atoms with van der Waals surface area (Å²) in [5, 5.41) is 1.62. The van der Waals surface area contributed by atoms with Crippen LogP contribution in [0, 0.1) is 20.8 Å². The molecule has 152 valence electrons. The highest BCUT2D eigenvalue weighted by molar-refractivity contribution is 6.66. The van der Waals surface area contributed by atoms with Crippen molar-refractivity contribution < 1.29 is 18.8 Å². The zero-order chi connectivity index (χ0) is 21.2. The molecule has 0 bridgehead atoms. The molecule has 28 heavy (non-hydrogen) atoms. The fourth-order valence-corrected chi connectivity index (χ4v) is 4.22. The first kappa shape index (κ1) is 21.2. The van der Waals surface area contributed by atoms with E-state index >= 15 is 0 Å². The maximum atomic E-state index is 12.6. The predicted octanol–water partition coefficient (Wildman–Crippen LogP) is 4.23. The highest BCUT2D eigenvalue weighted by Gasteiger charge is 2.53. The average Bonchev–Trinajstić information content (AvgIpc) is 2.95. The summed E-state index contributed by atoms with van der Waals surface area (Å²) in [6.45, 7) is 16.1. The van der Waals surface area contributed by atoms with E-state index in [0.717, 1.165) is 33.1 Å². The molecule has 0 spiro atoms. The summed E-state index contributed by atoms with van der Waals surface area (Å²) in [5.74, 6) is -0.341. The molecule has 0 radical (unpaired) electrons. The third-order valence-corrected chi connectivity index (χ3v) is 6.86. The lowest BCUT2D eigenvalue weighted by Gasteiger charge is -2.32. The van der Waals surface area contributed by atoms with E-state index in [1.807, 2.05) is 60.1 Å². The van der Waals surface area contributed by atoms with Gasteiger partial charge in [-0.05, 0) is 72.1 Å². The van der Waals surface area contributed by atoms with Crippen molar-refractivity contribution in [2.75, 3.05) is 6.61 Å². The van der Waals surface area contributed by atoms with Crippen molar-refractivity contribution in [3.8, 4) is 0 Å². The van der Waals surface area contributed by atoms with Crippen LogP contribution in [0.1, 0.15) is 61.8 Å². The molecule has 1 aliphatic heterocycles. The highest BCUT2D eigenvalue weighted by Crippen LogP contribution is 2.40. The number of hydrogen-bond donors (Lipinski definition) is 0. The van der Waals surface area contributed by atoms with Gasteiger partial charge < -0.3 is 18.6 Å². The Labute approximate surface area is 172 Å². The summed E-state index contributed by atoms with van der Waals surface area (Å²) >= 11 is 6.72. The molecular formula is C21H29BClNO4. The first-order chi connectivity index (χ1) is 12.9. The van der Waals surface area contributed by atoms with Gasteiger partial charge in [0.05, 0.1) is 17.8 Å². The molecule has 1 fully saturated rings. The molecule has 1 aromatic carbocycles. The second-order valence-corrected chi connectivity index (χ2v) is 8.92. The molecule has 5 nitrogen and oxygen atoms in total. The van der Waals surface area contributed by atoms with Gasteiger partial charge in [-0.3, -0.25) is 0 Å². The van der Waals surface area contributed by atoms with Gasteiger partial charge in [0, 0.05) is 28.4 Å². The van der Waals surface area contributed by atoms with Crippen LogP contribution in [0.3, 0.4) is 0 Å². The van der Waals surface area contributed by atoms with Gasteiger partial charge in [0.1, 0.15) is 5.69 Å². The molecule has 0 unspecified atom stereocenters. The number of aromatic nitrogens is 1. The van der Waals surface area contributed by atoms with Gasteiger partial charge >= 0.3 is 13.1 Å². The maximum Gasteiger partial charge on any atom is 0.497 e. The van der Waals surface area contributed by atoms with Crippen molar-refractivity contribution in [3.63, 3.8) is 0 Å². The quantitative estimate of drug-likeness (QED) is 0.566. The van der Waals surface area contributed by atoms with Crippen molar-refractivity contribution in [2.24, 2.45) is 7.05 Å². The molecule has 0 N–H and O–H groups in total. The molecule has 3 rings (SSSR count). The fraction of sp³-hybridized carbons (Fsp3) is 0.571. The minimum atomic E-state index is -0.575. The largest absolute Gasteiger partial charge is 0.497 e. The average molecular weight is 406 g/mol. The van der Waals surface area contributed by atoms with Gasteiger partial charge in [0.25, 0.3) is 0 Å². The summed E-state index contributed by atoms with van der Waals surface area (Å²) in [6, 6.07) is 0. The number of halogens is 1. The highest BCUT2D eigenvalue weighted by atomic mass is 35.5. The second-order valence-electron chi connectivity index (χ2n) is 8.54. The Bertz CT molecular complexity index is 961. The molecule has 1 aromatic heterocycles. The zero-order valence-electron chi connectivity index (χ0n) is 18.2. The minimum Gasteiger partial charge on any atom is -0.461 e. The first-order valence-corrected chi connectivity index (χ1v) is 10.0. The summed E-state index contributed by atoms with van der Waals surface area (Å²) < 4.78 is 19.9. The zero-order valence-corrected chi connectivity index (χ0v) is 19.0. The molecule has 0 amide bonds. The number of carbonyl (C=O) groups excluding carboxylic acids is 1. The van der Waals surface area contributed by atoms with Gasteiger partial charge in [-0.2, -0.15) is 0 Å². The normalized spacial score (nSPS) is 18.1. The molecule has 2 heterocycles. The van der Waals surface area contributed by atoms with Crippen molar-refractivity contribution in [1.29, 1.82) is 0 Å². The molecule has 1 saturated heterocycles. The van der Waals surface area contributed by atoms with Crippen molar-refractivity contribution in [3.05, 3.63) is 27.4 Å². The monoisotopic (exact) mass is 405 g/mol. The van der Waals surface area contributed by atoms with Crippen LogP contribution in [0.5, 0.6) is 0 Å². The van der Waals surface area contributed by atoms with Crippen molar-refractivity contribution in [2.45, 2.75) is 66.6 Å². The lowest BCUT2D eigenvalue weighted by molar-refractivity contribution is 0.00578. The van der Waals surface area contributed by atoms with E-state index in [9.17, 15) is 4.79 Å². The number of fused-ring (bicyclic) bond motifs is 1. The number of nitrogens with zero attached hydrogens (tertiary/aromatic N) is 1. The van der Waals surface area contributed by atoms with Gasteiger partial charge in [-0.25, -0.2) is 4.79 Å². The molecular weight excluding hydrogens is 376 g/mol. The third-order valence-electron chi connectivity index (χ3n) is 6.29. The summed E-state index contributed by atoms with van der Waals surface area (Å²) in [7, 11) is 1.30. The third kappa shape index (κ3) is 2.88. The lowest BCUT2D eigenvalue weighted by atomic mass is 9.74. The van der Waals surface area contributed by atoms with E-state index in [4.69, 9.17) is 25.6 Å². The fourth-order valence-electron chi connectivity index (χ4n) is 4.03. The Morgan fingerprint density at radius 1 is 1.07 bits per heavy atom. The van der Waals surface area contributed by atoms with Gasteiger partial charge in [-0.1, -0.05) is 11.6 Å². The maximum absolute atomic E-state index is 12.6. The number of rotatable bonds is 3. The number of hydrogen-bond acceptors (Lipinski definition) is 4. The Morgan fingerprint density at radius 2 is 1.61 bits per heavy atom. The molecule has 1 aliphatic rings. The molecule has 0 aliphatic carbocycles. The van der Waals surface area contributed by atoms with E-state index < -0.39 is 18.3 Å². The number of esters is 1. The van der Waals surface area contributed by atoms with Crippen LogP contribution >= 0.6 is 11.6 Å². The van der Waals surface area contributed by atoms with Gasteiger partial charge in [0.2, 0.25) is 0 Å². The summed E-state index contributed by atoms with van der Waals surface area (Å²) in [4.78, 5) is 12.6. The Hall–Kier alpha value is -1.50. The predicted molar refractivity (Wildman–Crippen MR) is 114 cm³/mol. The van der Waals surface area contributed by atoms with E-state index in [0.29, 0.717) is 17.3 Å². The van der Waals surface area contributed by atoms with E-state index in [1.165, 1.54) is 0 Å². The van der Waals surface area contributed by atoms with Crippen LogP contribution in [0.2, 0.25) is 5.02 Å². The van der Waals surface area contributed by atoms with Gasteiger partial charge in [-0.15, -0.1) is 0 Å². The molecule has 0 atom stereocenters. The smallest absolute Gasteiger partial charge is 0.461 e. The standard InChI is InChI=1S/C21H29BClNO4/c1-10-26-19(25)17-12(3)14-11(2)16(23)13(4)15(18(14)24(17)9)22-27-20(5,6)21(7,8)28-22/h10H2,1-9H3. The number of carbonyl (C=O) groups is 1. The van der Waals surface area contributed by atoms with Gasteiger partial charge in [0.15, 0.2) is 0 Å². The van der Waals surface area contributed by atoms with E-state index in [1.54, 1.807) is 6.92 Å². The number of ether oxygens (including phenoxy) is 1. The SMILES string of the molecule is CCOC(=O)c1c(C)c2c(C)c(Cl)c(C)c(B3OC(C)(C)C(C)(C)O3)c2n1C. The van der Waals surface area contributed by atoms with Crippen molar-refractivity contribution >= 4 is 41.1 Å². The van der Waals surface area contributed by atoms with E-state index in [2.05, 4.69) is 0 Å². The first-order valence-electron chi connectivity index (χ1n) is 9.66. The summed E-state index contributed by atoms with van der Waals surface area (Å²) in [6.07, 6.45) is 0. The number of aryl methyl sites for hydroxylation is 3. The molecule has 7 heteroatoms. The van der Waals surface area contributed by atoms with Crippen LogP contribution in [0.15, 0.2) is 0 Å². The van der Waals surface area contributed by atoms with Crippen LogP contribution in [0.4, 0.5) is 0 Å². The minimum absolute atomic E-state index is 0.322. The summed E-state index contributed by atoms with van der Waals surface area (Å²) in [5.41, 5.74) is 4.05. The van der Waals surface area contributed by atoms with Crippen LogP contribution in [-0.2, 0) is 21.1 Å². The Balaban J connectivity index is 2.36. The van der Waals surface area contributed by atoms with E-state index in [-0.39, 0.29) is 5.97 Å². The van der Waals surface area contributed by atoms with Crippen LogP contribution in [-0.4, -0.2) is 35.5 Å². The number of benzene rings is 1. The molecule has 0 saturated carbocycles.